The number of aromatic amines is 1. The van der Waals surface area contributed by atoms with Crippen molar-refractivity contribution in [3.8, 4) is 0 Å². The lowest BCUT2D eigenvalue weighted by atomic mass is 10.4. The largest absolute Gasteiger partial charge is 0.343 e. The van der Waals surface area contributed by atoms with Gasteiger partial charge in [-0.15, -0.1) is 0 Å². The maximum absolute atomic E-state index is 4.07. The minimum atomic E-state index is 0.887. The minimum Gasteiger partial charge on any atom is -0.343 e. The van der Waals surface area contributed by atoms with Crippen molar-refractivity contribution in [2.24, 2.45) is 0 Å². The van der Waals surface area contributed by atoms with Gasteiger partial charge in [-0.3, -0.25) is 0 Å². The van der Waals surface area contributed by atoms with E-state index in [4.69, 9.17) is 0 Å². The number of nitrogens with zero attached hydrogens (tertiary/aromatic N) is 1. The van der Waals surface area contributed by atoms with E-state index in [-0.39, 0.29) is 0 Å². The second kappa shape index (κ2) is 3.93. The van der Waals surface area contributed by atoms with Crippen LogP contribution in [0.1, 0.15) is 11.5 Å². The molecule has 60 valence electrons. The molecule has 1 heterocycles. The topological polar surface area (TPSA) is 40.7 Å². The Balaban J connectivity index is 2.50. The molecule has 0 aliphatic heterocycles. The van der Waals surface area contributed by atoms with Crippen molar-refractivity contribution in [2.45, 2.75) is 6.92 Å². The van der Waals surface area contributed by atoms with E-state index in [9.17, 15) is 0 Å². The summed E-state index contributed by atoms with van der Waals surface area (Å²) in [5.41, 5.74) is 1.05. The molecule has 0 aliphatic carbocycles. The Kier molecular flexibility index (Phi) is 2.86. The number of H-pyrrole nitrogens is 1. The first kappa shape index (κ1) is 8.01. The highest BCUT2D eigenvalue weighted by Gasteiger charge is 1.88. The average Bonchev–Trinajstić information content (AvgIpc) is 2.37. The SMILES string of the molecule is CNCC=Cc1cnc(C)[nH]1. The van der Waals surface area contributed by atoms with Crippen LogP contribution in [0.15, 0.2) is 12.3 Å². The summed E-state index contributed by atoms with van der Waals surface area (Å²) in [7, 11) is 1.92. The van der Waals surface area contributed by atoms with E-state index in [1.165, 1.54) is 0 Å². The third kappa shape index (κ3) is 2.55. The van der Waals surface area contributed by atoms with Crippen molar-refractivity contribution in [1.29, 1.82) is 0 Å². The maximum Gasteiger partial charge on any atom is 0.103 e. The molecule has 1 aromatic rings. The maximum atomic E-state index is 4.07. The van der Waals surface area contributed by atoms with Crippen LogP contribution >= 0.6 is 0 Å². The van der Waals surface area contributed by atoms with E-state index in [1.807, 2.05) is 32.3 Å². The first-order chi connectivity index (χ1) is 5.33. The molecule has 0 fully saturated rings. The zero-order valence-electron chi connectivity index (χ0n) is 6.89. The van der Waals surface area contributed by atoms with E-state index < -0.39 is 0 Å². The molecule has 0 aromatic carbocycles. The molecule has 3 heteroatoms. The van der Waals surface area contributed by atoms with Crippen LogP contribution < -0.4 is 5.32 Å². The molecule has 1 aromatic heterocycles. The summed E-state index contributed by atoms with van der Waals surface area (Å²) in [6.45, 7) is 2.83. The second-order valence-electron chi connectivity index (χ2n) is 2.38. The van der Waals surface area contributed by atoms with E-state index >= 15 is 0 Å². The van der Waals surface area contributed by atoms with E-state index in [1.54, 1.807) is 0 Å². The van der Waals surface area contributed by atoms with Gasteiger partial charge in [0.1, 0.15) is 5.82 Å². The number of hydrogen-bond acceptors (Lipinski definition) is 2. The van der Waals surface area contributed by atoms with Crippen LogP contribution in [0.4, 0.5) is 0 Å². The quantitative estimate of drug-likeness (QED) is 0.675. The van der Waals surface area contributed by atoms with Crippen molar-refractivity contribution in [3.05, 3.63) is 23.8 Å². The predicted octanol–water partition coefficient (Wildman–Crippen LogP) is 0.951. The molecule has 0 aliphatic rings. The standard InChI is InChI=1S/C8H13N3/c1-7-10-6-8(11-7)4-3-5-9-2/h3-4,6,9H,5H2,1-2H3,(H,10,11). The summed E-state index contributed by atoms with van der Waals surface area (Å²) < 4.78 is 0. The number of aryl methyl sites for hydroxylation is 1. The Morgan fingerprint density at radius 1 is 1.73 bits per heavy atom. The zero-order valence-corrected chi connectivity index (χ0v) is 6.89. The highest BCUT2D eigenvalue weighted by atomic mass is 14.9. The van der Waals surface area contributed by atoms with Gasteiger partial charge in [-0.05, 0) is 20.0 Å². The normalized spacial score (nSPS) is 11.1. The lowest BCUT2D eigenvalue weighted by Gasteiger charge is -1.86. The third-order valence-corrected chi connectivity index (χ3v) is 1.34. The molecule has 0 unspecified atom stereocenters. The number of rotatable bonds is 3. The third-order valence-electron chi connectivity index (χ3n) is 1.34. The lowest BCUT2D eigenvalue weighted by molar-refractivity contribution is 0.922. The first-order valence-electron chi connectivity index (χ1n) is 3.65. The second-order valence-corrected chi connectivity index (χ2v) is 2.38. The van der Waals surface area contributed by atoms with Crippen LogP contribution in [0.3, 0.4) is 0 Å². The predicted molar refractivity (Wildman–Crippen MR) is 46.3 cm³/mol. The highest BCUT2D eigenvalue weighted by Crippen LogP contribution is 1.96. The number of likely N-dealkylation sites (N-methyl/N-ethyl adjacent to an activating group) is 1. The van der Waals surface area contributed by atoms with Crippen LogP contribution in [-0.4, -0.2) is 23.6 Å². The number of imidazole rings is 1. The first-order valence-corrected chi connectivity index (χ1v) is 3.65. The number of hydrogen-bond donors (Lipinski definition) is 2. The van der Waals surface area contributed by atoms with E-state index in [0.717, 1.165) is 18.1 Å². The fraction of sp³-hybridized carbons (Fsp3) is 0.375. The van der Waals surface area contributed by atoms with Crippen molar-refractivity contribution in [3.63, 3.8) is 0 Å². The lowest BCUT2D eigenvalue weighted by Crippen LogP contribution is -2.03. The summed E-state index contributed by atoms with van der Waals surface area (Å²) >= 11 is 0. The molecule has 0 amide bonds. The molecule has 2 N–H and O–H groups in total. The van der Waals surface area contributed by atoms with E-state index in [2.05, 4.69) is 15.3 Å². The van der Waals surface area contributed by atoms with Crippen molar-refractivity contribution >= 4 is 6.08 Å². The van der Waals surface area contributed by atoms with Crippen LogP contribution in [0.2, 0.25) is 0 Å². The molecule has 0 atom stereocenters. The van der Waals surface area contributed by atoms with Gasteiger partial charge in [0.05, 0.1) is 11.9 Å². The summed E-state index contributed by atoms with van der Waals surface area (Å²) in [5, 5.41) is 3.02. The summed E-state index contributed by atoms with van der Waals surface area (Å²) in [5.74, 6) is 0.953. The monoisotopic (exact) mass is 151 g/mol. The van der Waals surface area contributed by atoms with Gasteiger partial charge in [-0.2, -0.15) is 0 Å². The van der Waals surface area contributed by atoms with E-state index in [0.29, 0.717) is 0 Å². The summed E-state index contributed by atoms with van der Waals surface area (Å²) in [6, 6.07) is 0. The summed E-state index contributed by atoms with van der Waals surface area (Å²) in [4.78, 5) is 7.18. The van der Waals surface area contributed by atoms with Gasteiger partial charge < -0.3 is 10.3 Å². The van der Waals surface area contributed by atoms with Crippen LogP contribution in [0.5, 0.6) is 0 Å². The molecule has 0 saturated heterocycles. The number of nitrogens with one attached hydrogen (secondary N) is 2. The molecule has 1 rings (SSSR count). The van der Waals surface area contributed by atoms with Gasteiger partial charge in [-0.1, -0.05) is 6.08 Å². The molecule has 11 heavy (non-hydrogen) atoms. The molecule has 0 radical (unpaired) electrons. The fourth-order valence-corrected chi connectivity index (χ4v) is 0.828. The van der Waals surface area contributed by atoms with Gasteiger partial charge in [-0.25, -0.2) is 4.98 Å². The smallest absolute Gasteiger partial charge is 0.103 e. The number of aromatic nitrogens is 2. The van der Waals surface area contributed by atoms with Gasteiger partial charge >= 0.3 is 0 Å². The fourth-order valence-electron chi connectivity index (χ4n) is 0.828. The minimum absolute atomic E-state index is 0.887. The Morgan fingerprint density at radius 2 is 2.55 bits per heavy atom. The van der Waals surface area contributed by atoms with Crippen molar-refractivity contribution in [2.75, 3.05) is 13.6 Å². The molecular formula is C8H13N3. The average molecular weight is 151 g/mol. The van der Waals surface area contributed by atoms with Crippen LogP contribution in [0, 0.1) is 6.92 Å². The van der Waals surface area contributed by atoms with Gasteiger partial charge in [0, 0.05) is 6.54 Å². The Hall–Kier alpha value is -1.09. The molecule has 3 nitrogen and oxygen atoms in total. The summed E-state index contributed by atoms with van der Waals surface area (Å²) in [6.07, 6.45) is 5.88. The Labute approximate surface area is 66.5 Å². The Bertz CT molecular complexity index is 237. The van der Waals surface area contributed by atoms with Gasteiger partial charge in [0.15, 0.2) is 0 Å². The van der Waals surface area contributed by atoms with Crippen molar-refractivity contribution < 1.29 is 0 Å². The highest BCUT2D eigenvalue weighted by molar-refractivity contribution is 5.43. The molecule has 0 saturated carbocycles. The van der Waals surface area contributed by atoms with Crippen LogP contribution in [0.25, 0.3) is 6.08 Å². The zero-order chi connectivity index (χ0) is 8.10. The van der Waals surface area contributed by atoms with Gasteiger partial charge in [0.2, 0.25) is 0 Å². The van der Waals surface area contributed by atoms with Crippen LogP contribution in [-0.2, 0) is 0 Å². The molecule has 0 spiro atoms. The molecule has 0 bridgehead atoms. The Morgan fingerprint density at radius 3 is 3.09 bits per heavy atom. The van der Waals surface area contributed by atoms with Gasteiger partial charge in [0.25, 0.3) is 0 Å². The molecular weight excluding hydrogens is 138 g/mol. The van der Waals surface area contributed by atoms with Crippen molar-refractivity contribution in [1.82, 2.24) is 15.3 Å².